The van der Waals surface area contributed by atoms with Crippen molar-refractivity contribution in [1.29, 1.82) is 0 Å². The normalized spacial score (nSPS) is 10.8. The number of carbonyl (C=O) groups is 1. The zero-order valence-corrected chi connectivity index (χ0v) is 12.2. The topological polar surface area (TPSA) is 59.7 Å². The van der Waals surface area contributed by atoms with E-state index < -0.39 is 5.97 Å². The van der Waals surface area contributed by atoms with Crippen LogP contribution in [0.25, 0.3) is 21.9 Å². The van der Waals surface area contributed by atoms with Crippen molar-refractivity contribution in [2.45, 2.75) is 13.3 Å². The van der Waals surface area contributed by atoms with Gasteiger partial charge >= 0.3 is 5.97 Å². The van der Waals surface area contributed by atoms with Gasteiger partial charge < -0.3 is 14.3 Å². The third-order valence-corrected chi connectivity index (χ3v) is 3.42. The first kappa shape index (κ1) is 14.2. The molecule has 4 heteroatoms. The SMILES string of the molecule is CCCOc1oc(C(=O)O)c2c(-c3ccccc3)cccc12. The predicted octanol–water partition coefficient (Wildman–Crippen LogP) is 4.59. The highest BCUT2D eigenvalue weighted by atomic mass is 16.6. The van der Waals surface area contributed by atoms with E-state index in [1.54, 1.807) is 0 Å². The number of aromatic carboxylic acids is 1. The number of benzene rings is 2. The van der Waals surface area contributed by atoms with Crippen molar-refractivity contribution in [1.82, 2.24) is 0 Å². The first-order valence-corrected chi connectivity index (χ1v) is 7.19. The average Bonchev–Trinajstić information content (AvgIpc) is 2.93. The van der Waals surface area contributed by atoms with E-state index in [0.717, 1.165) is 17.5 Å². The zero-order valence-electron chi connectivity index (χ0n) is 12.2. The largest absolute Gasteiger partial charge is 0.475 e. The molecule has 1 N–H and O–H groups in total. The fraction of sp³-hybridized carbons (Fsp3) is 0.167. The lowest BCUT2D eigenvalue weighted by Gasteiger charge is -2.04. The first-order valence-electron chi connectivity index (χ1n) is 7.19. The van der Waals surface area contributed by atoms with Gasteiger partial charge in [0.2, 0.25) is 5.76 Å². The third kappa shape index (κ3) is 2.44. The van der Waals surface area contributed by atoms with Crippen LogP contribution in [0.1, 0.15) is 23.9 Å². The van der Waals surface area contributed by atoms with Crippen LogP contribution < -0.4 is 4.74 Å². The summed E-state index contributed by atoms with van der Waals surface area (Å²) < 4.78 is 11.0. The molecule has 0 spiro atoms. The Labute approximate surface area is 127 Å². The number of carboxylic acids is 1. The minimum absolute atomic E-state index is 0.0828. The summed E-state index contributed by atoms with van der Waals surface area (Å²) in [5, 5.41) is 10.7. The summed E-state index contributed by atoms with van der Waals surface area (Å²) in [4.78, 5) is 11.5. The van der Waals surface area contributed by atoms with Crippen molar-refractivity contribution >= 4 is 16.7 Å². The van der Waals surface area contributed by atoms with Crippen LogP contribution in [0.5, 0.6) is 5.95 Å². The molecule has 0 atom stereocenters. The van der Waals surface area contributed by atoms with Crippen LogP contribution in [0.4, 0.5) is 0 Å². The molecule has 0 saturated heterocycles. The van der Waals surface area contributed by atoms with Gasteiger partial charge in [-0.3, -0.25) is 0 Å². The molecule has 2 aromatic carbocycles. The molecule has 0 aliphatic rings. The van der Waals surface area contributed by atoms with Crippen LogP contribution >= 0.6 is 0 Å². The van der Waals surface area contributed by atoms with Crippen LogP contribution in [0.2, 0.25) is 0 Å². The van der Waals surface area contributed by atoms with Crippen molar-refractivity contribution in [2.24, 2.45) is 0 Å². The van der Waals surface area contributed by atoms with Crippen LogP contribution in [-0.2, 0) is 0 Å². The van der Waals surface area contributed by atoms with Crippen LogP contribution in [-0.4, -0.2) is 17.7 Å². The molecule has 0 radical (unpaired) electrons. The van der Waals surface area contributed by atoms with E-state index in [1.807, 2.05) is 55.5 Å². The minimum atomic E-state index is -1.10. The Hall–Kier alpha value is -2.75. The van der Waals surface area contributed by atoms with E-state index in [4.69, 9.17) is 9.15 Å². The summed E-state index contributed by atoms with van der Waals surface area (Å²) >= 11 is 0. The summed E-state index contributed by atoms with van der Waals surface area (Å²) in [6.45, 7) is 2.47. The molecular formula is C18H16O4. The van der Waals surface area contributed by atoms with E-state index in [2.05, 4.69) is 0 Å². The second kappa shape index (κ2) is 5.93. The summed E-state index contributed by atoms with van der Waals surface area (Å²) in [5.74, 6) is -0.910. The number of furan rings is 1. The smallest absolute Gasteiger partial charge is 0.372 e. The molecule has 1 aromatic heterocycles. The van der Waals surface area contributed by atoms with Gasteiger partial charge in [-0.15, -0.1) is 0 Å². The molecule has 3 rings (SSSR count). The lowest BCUT2D eigenvalue weighted by molar-refractivity contribution is 0.0656. The van der Waals surface area contributed by atoms with Crippen molar-refractivity contribution in [3.8, 4) is 17.1 Å². The Morgan fingerprint density at radius 2 is 1.91 bits per heavy atom. The van der Waals surface area contributed by atoms with E-state index in [9.17, 15) is 9.90 Å². The maximum Gasteiger partial charge on any atom is 0.372 e. The van der Waals surface area contributed by atoms with Gasteiger partial charge in [0.05, 0.1) is 12.0 Å². The summed E-state index contributed by atoms with van der Waals surface area (Å²) in [7, 11) is 0. The predicted molar refractivity (Wildman–Crippen MR) is 84.4 cm³/mol. The van der Waals surface area contributed by atoms with Gasteiger partial charge in [-0.2, -0.15) is 0 Å². The maximum atomic E-state index is 11.5. The van der Waals surface area contributed by atoms with Crippen molar-refractivity contribution < 1.29 is 19.1 Å². The molecule has 0 fully saturated rings. The highest BCUT2D eigenvalue weighted by Gasteiger charge is 2.22. The monoisotopic (exact) mass is 296 g/mol. The molecule has 0 amide bonds. The van der Waals surface area contributed by atoms with Crippen molar-refractivity contribution in [2.75, 3.05) is 6.61 Å². The third-order valence-electron chi connectivity index (χ3n) is 3.42. The number of carboxylic acid groups (broad SMARTS) is 1. The number of hydrogen-bond donors (Lipinski definition) is 1. The molecule has 0 saturated carbocycles. The molecule has 0 aliphatic carbocycles. The van der Waals surface area contributed by atoms with E-state index in [1.165, 1.54) is 0 Å². The van der Waals surface area contributed by atoms with Gasteiger partial charge in [-0.05, 0) is 23.6 Å². The maximum absolute atomic E-state index is 11.5. The Kier molecular flexibility index (Phi) is 3.83. The minimum Gasteiger partial charge on any atom is -0.475 e. The lowest BCUT2D eigenvalue weighted by Crippen LogP contribution is -1.95. The molecule has 0 bridgehead atoms. The Balaban J connectivity index is 2.26. The van der Waals surface area contributed by atoms with Gasteiger partial charge in [0.25, 0.3) is 5.95 Å². The molecule has 0 aliphatic heterocycles. The highest BCUT2D eigenvalue weighted by Crippen LogP contribution is 2.38. The first-order chi connectivity index (χ1) is 10.7. The summed E-state index contributed by atoms with van der Waals surface area (Å²) in [5.41, 5.74) is 1.77. The fourth-order valence-electron chi connectivity index (χ4n) is 2.48. The van der Waals surface area contributed by atoms with E-state index in [0.29, 0.717) is 17.4 Å². The van der Waals surface area contributed by atoms with Gasteiger partial charge in [0, 0.05) is 5.39 Å². The zero-order chi connectivity index (χ0) is 15.5. The average molecular weight is 296 g/mol. The second-order valence-corrected chi connectivity index (χ2v) is 4.97. The number of fused-ring (bicyclic) bond motifs is 1. The van der Waals surface area contributed by atoms with E-state index >= 15 is 0 Å². The molecule has 22 heavy (non-hydrogen) atoms. The molecule has 3 aromatic rings. The van der Waals surface area contributed by atoms with Crippen molar-refractivity contribution in [3.63, 3.8) is 0 Å². The summed E-state index contributed by atoms with van der Waals surface area (Å²) in [6, 6.07) is 15.2. The highest BCUT2D eigenvalue weighted by molar-refractivity contribution is 6.10. The molecular weight excluding hydrogens is 280 g/mol. The fourth-order valence-corrected chi connectivity index (χ4v) is 2.48. The van der Waals surface area contributed by atoms with Gasteiger partial charge in [0.15, 0.2) is 0 Å². The number of ether oxygens (including phenoxy) is 1. The Morgan fingerprint density at radius 1 is 1.14 bits per heavy atom. The van der Waals surface area contributed by atoms with Crippen molar-refractivity contribution in [3.05, 3.63) is 54.3 Å². The van der Waals surface area contributed by atoms with Gasteiger partial charge in [-0.25, -0.2) is 4.79 Å². The standard InChI is InChI=1S/C18H16O4/c1-2-11-21-18-14-10-6-9-13(12-7-4-3-5-8-12)15(14)16(22-18)17(19)20/h3-10H,2,11H2,1H3,(H,19,20). The number of rotatable bonds is 5. The lowest BCUT2D eigenvalue weighted by atomic mass is 9.99. The van der Waals surface area contributed by atoms with Crippen LogP contribution in [0.3, 0.4) is 0 Å². The molecule has 4 nitrogen and oxygen atoms in total. The Bertz CT molecular complexity index is 803. The van der Waals surface area contributed by atoms with Crippen LogP contribution in [0, 0.1) is 0 Å². The molecule has 0 unspecified atom stereocenters. The van der Waals surface area contributed by atoms with Crippen LogP contribution in [0.15, 0.2) is 52.9 Å². The second-order valence-electron chi connectivity index (χ2n) is 4.97. The molecule has 1 heterocycles. The molecule has 112 valence electrons. The van der Waals surface area contributed by atoms with E-state index in [-0.39, 0.29) is 11.7 Å². The quantitative estimate of drug-likeness (QED) is 0.748. The van der Waals surface area contributed by atoms with Gasteiger partial charge in [-0.1, -0.05) is 49.4 Å². The Morgan fingerprint density at radius 3 is 2.59 bits per heavy atom. The number of hydrogen-bond acceptors (Lipinski definition) is 3. The summed E-state index contributed by atoms with van der Waals surface area (Å²) in [6.07, 6.45) is 0.822. The van der Waals surface area contributed by atoms with Gasteiger partial charge in [0.1, 0.15) is 0 Å².